The highest BCUT2D eigenvalue weighted by Gasteiger charge is 2.40. The maximum absolute atomic E-state index is 12.1. The minimum absolute atomic E-state index is 0.0686. The van der Waals surface area contributed by atoms with Crippen molar-refractivity contribution in [3.05, 3.63) is 118 Å². The van der Waals surface area contributed by atoms with Crippen molar-refractivity contribution in [2.75, 3.05) is 124 Å². The van der Waals surface area contributed by atoms with E-state index in [2.05, 4.69) is 58.8 Å². The molecule has 0 unspecified atom stereocenters. The summed E-state index contributed by atoms with van der Waals surface area (Å²) in [5, 5.41) is 7.62. The van der Waals surface area contributed by atoms with Crippen LogP contribution < -0.4 is 19.6 Å². The second kappa shape index (κ2) is 26.0. The summed E-state index contributed by atoms with van der Waals surface area (Å²) < 4.78 is 27.6. The van der Waals surface area contributed by atoms with Crippen molar-refractivity contribution in [2.45, 2.75) is 59.4 Å². The number of piperazine rings is 4. The Morgan fingerprint density at radius 2 is 0.953 bits per heavy atom. The van der Waals surface area contributed by atoms with E-state index < -0.39 is 15.6 Å². The molecule has 4 aromatic carbocycles. The predicted molar refractivity (Wildman–Crippen MR) is 350 cm³/mol. The Kier molecular flexibility index (Phi) is 18.9. The number of halogens is 4. The number of hydrogen-bond donors (Lipinski definition) is 3. The van der Waals surface area contributed by atoms with E-state index >= 15 is 0 Å². The molecule has 3 N–H and O–H groups in total. The Labute approximate surface area is 518 Å². The fourth-order valence-corrected chi connectivity index (χ4v) is 14.6. The van der Waals surface area contributed by atoms with Crippen LogP contribution in [0.15, 0.2) is 97.6 Å². The summed E-state index contributed by atoms with van der Waals surface area (Å²) in [5.41, 5.74) is 8.32. The van der Waals surface area contributed by atoms with Gasteiger partial charge in [-0.1, -0.05) is 67.2 Å². The van der Waals surface area contributed by atoms with Gasteiger partial charge >= 0.3 is 0 Å². The van der Waals surface area contributed by atoms with Crippen LogP contribution in [0.3, 0.4) is 0 Å². The number of sulfonamides is 1. The van der Waals surface area contributed by atoms with Crippen molar-refractivity contribution in [1.29, 1.82) is 0 Å². The van der Waals surface area contributed by atoms with Crippen molar-refractivity contribution in [3.8, 4) is 0 Å². The molecular weight excluding hydrogens is 1180 g/mol. The van der Waals surface area contributed by atoms with Gasteiger partial charge in [0.2, 0.25) is 27.7 Å². The second-order valence-electron chi connectivity index (χ2n) is 23.7. The number of amides is 3. The molecule has 3 amide bonds. The second-order valence-corrected chi connectivity index (χ2v) is 27.4. The summed E-state index contributed by atoms with van der Waals surface area (Å²) in [6.45, 7) is 21.4. The third kappa shape index (κ3) is 14.1. The molecule has 0 radical (unpaired) electrons. The van der Waals surface area contributed by atoms with E-state index in [1.54, 1.807) is 4.31 Å². The maximum Gasteiger partial charge on any atom is 0.225 e. The molecule has 5 fully saturated rings. The Balaban J connectivity index is 0.000000126. The van der Waals surface area contributed by atoms with Crippen LogP contribution in [0.2, 0.25) is 20.1 Å². The number of fused-ring (bicyclic) bond motifs is 4. The van der Waals surface area contributed by atoms with E-state index in [-0.39, 0.29) is 17.7 Å². The van der Waals surface area contributed by atoms with Gasteiger partial charge in [0.15, 0.2) is 0 Å². The topological polar surface area (TPSA) is 164 Å². The van der Waals surface area contributed by atoms with Gasteiger partial charge in [-0.25, -0.2) is 8.42 Å². The summed E-state index contributed by atoms with van der Waals surface area (Å²) in [6, 6.07) is 24.1. The smallest absolute Gasteiger partial charge is 0.225 e. The van der Waals surface area contributed by atoms with Gasteiger partial charge in [-0.15, -0.1) is 0 Å². The van der Waals surface area contributed by atoms with E-state index in [4.69, 9.17) is 46.4 Å². The molecule has 4 aromatic heterocycles. The van der Waals surface area contributed by atoms with Crippen LogP contribution in [0.25, 0.3) is 43.6 Å². The number of aromatic amines is 3. The summed E-state index contributed by atoms with van der Waals surface area (Å²) in [5.74, 6) is 1.22. The number of hydrogen-bond acceptors (Lipinski definition) is 9. The molecule has 0 bridgehead atoms. The lowest BCUT2D eigenvalue weighted by molar-refractivity contribution is -0.135. The molecule has 85 heavy (non-hydrogen) atoms. The molecule has 4 saturated heterocycles. The van der Waals surface area contributed by atoms with Crippen LogP contribution in [-0.4, -0.2) is 175 Å². The minimum atomic E-state index is -3.21. The largest absolute Gasteiger partial charge is 0.368 e. The van der Waals surface area contributed by atoms with E-state index in [0.29, 0.717) is 42.9 Å². The van der Waals surface area contributed by atoms with Crippen molar-refractivity contribution in [3.63, 3.8) is 0 Å². The molecule has 13 rings (SSSR count). The van der Waals surface area contributed by atoms with Crippen LogP contribution in [0.5, 0.6) is 0 Å². The number of carbonyl (C=O) groups excluding carboxylic acids is 3. The van der Waals surface area contributed by atoms with Gasteiger partial charge < -0.3 is 53.8 Å². The van der Waals surface area contributed by atoms with Crippen molar-refractivity contribution in [1.82, 2.24) is 38.5 Å². The fourth-order valence-electron chi connectivity index (χ4n) is 12.4. The molecule has 5 aliphatic rings. The summed E-state index contributed by atoms with van der Waals surface area (Å²) in [4.78, 5) is 60.6. The van der Waals surface area contributed by atoms with Crippen LogP contribution in [0.4, 0.5) is 22.7 Å². The predicted octanol–water partition coefficient (Wildman–Crippen LogP) is 11.6. The first-order valence-corrected chi connectivity index (χ1v) is 32.8. The Morgan fingerprint density at radius 1 is 0.553 bits per heavy atom. The van der Waals surface area contributed by atoms with Crippen molar-refractivity contribution < 1.29 is 22.8 Å². The van der Waals surface area contributed by atoms with E-state index in [0.717, 1.165) is 157 Å². The number of rotatable bonds is 8. The molecular formula is C63H78Cl4N12O5S. The van der Waals surface area contributed by atoms with Gasteiger partial charge in [0.05, 0.1) is 11.8 Å². The Hall–Kier alpha value is -6.28. The highest BCUT2D eigenvalue weighted by Crippen LogP contribution is 2.38. The van der Waals surface area contributed by atoms with Crippen molar-refractivity contribution in [2.24, 2.45) is 18.9 Å². The highest BCUT2D eigenvalue weighted by atomic mass is 35.5. The van der Waals surface area contributed by atoms with Gasteiger partial charge in [0.1, 0.15) is 0 Å². The average molecular weight is 1260 g/mol. The van der Waals surface area contributed by atoms with E-state index in [1.807, 2.05) is 134 Å². The molecule has 8 heterocycles. The van der Waals surface area contributed by atoms with Gasteiger partial charge in [-0.2, -0.15) is 4.31 Å². The van der Waals surface area contributed by atoms with Crippen LogP contribution in [-0.2, 0) is 31.5 Å². The lowest BCUT2D eigenvalue weighted by Gasteiger charge is -2.46. The third-order valence-electron chi connectivity index (χ3n) is 16.9. The van der Waals surface area contributed by atoms with E-state index in [1.165, 1.54) is 22.4 Å². The summed E-state index contributed by atoms with van der Waals surface area (Å²) >= 11 is 24.9. The molecule has 8 aromatic rings. The molecule has 1 aliphatic carbocycles. The Bertz CT molecular complexity index is 3700. The van der Waals surface area contributed by atoms with Crippen LogP contribution >= 0.6 is 46.4 Å². The zero-order valence-electron chi connectivity index (χ0n) is 49.6. The quantitative estimate of drug-likeness (QED) is 0.134. The standard InChI is InChI=1S/C16H22ClN3O2S.C16H18ClN3O.C16H20ClN3O.C15H18ClN3O/c1-16(2)11-19(7-8-20(16)23(4,21)22)15-10-12(17)9-14-13(15)5-6-18(14)3;17-12-9-14-13(3-4-18-14)15(10-12)19-5-7-20(8-6-19)16(21)11-1-2-11;1-11(2)16(21)20-7-5-19(6-8-20)15-10-12(17)9-14-13(15)3-4-18-14;1-2-15(20)19-7-5-18(6-8-19)14-10-11(16)9-13-12(14)3-4-17-13/h5-6,9-10H,7-8,11H2,1-4H3;3-4,9-11,18H,1-2,5-8H2;3-4,9-11,18H,5-8H2,1-2H3;3-4,9-10,17H,2,5-8H2,1H3. The molecule has 1 saturated carbocycles. The van der Waals surface area contributed by atoms with Gasteiger partial charge in [0.25, 0.3) is 0 Å². The average Bonchev–Trinajstić information content (AvgIpc) is 3.18. The van der Waals surface area contributed by atoms with Crippen LogP contribution in [0.1, 0.15) is 53.9 Å². The highest BCUT2D eigenvalue weighted by molar-refractivity contribution is 7.88. The molecule has 4 aliphatic heterocycles. The summed E-state index contributed by atoms with van der Waals surface area (Å²) in [6.07, 6.45) is 11.8. The third-order valence-corrected chi connectivity index (χ3v) is 19.3. The number of anilines is 4. The van der Waals surface area contributed by atoms with Gasteiger partial charge in [0, 0.05) is 235 Å². The molecule has 454 valence electrons. The minimum Gasteiger partial charge on any atom is -0.368 e. The number of H-pyrrole nitrogens is 3. The first kappa shape index (κ1) is 61.8. The number of carbonyl (C=O) groups is 3. The first-order valence-electron chi connectivity index (χ1n) is 29.4. The number of nitrogens with one attached hydrogen (secondary N) is 3. The van der Waals surface area contributed by atoms with Gasteiger partial charge in [-0.3, -0.25) is 14.4 Å². The zero-order chi connectivity index (χ0) is 60.5. The lowest BCUT2D eigenvalue weighted by atomic mass is 10.0. The van der Waals surface area contributed by atoms with Crippen molar-refractivity contribution >= 4 is 141 Å². The number of aromatic nitrogens is 4. The monoisotopic (exact) mass is 1250 g/mol. The molecule has 17 nitrogen and oxygen atoms in total. The summed E-state index contributed by atoms with van der Waals surface area (Å²) in [7, 11) is -1.22. The number of benzene rings is 4. The van der Waals surface area contributed by atoms with E-state index in [9.17, 15) is 22.8 Å². The zero-order valence-corrected chi connectivity index (χ0v) is 53.4. The lowest BCUT2D eigenvalue weighted by Crippen LogP contribution is -2.60. The SMILES string of the molecule is CC(C)C(=O)N1CCN(c2cc(Cl)cc3[nH]ccc23)CC1.CCC(=O)N1CCN(c2cc(Cl)cc3[nH]ccc23)CC1.Cn1ccc2c(N3CCN(S(C)(=O)=O)C(C)(C)C3)cc(Cl)cc21.O=C(C1CC1)N1CCN(c2cc(Cl)cc3[nH]ccc23)CC1. The molecule has 22 heteroatoms. The fraction of sp³-hybridized carbons (Fsp3) is 0.444. The van der Waals surface area contributed by atoms with Crippen LogP contribution in [0, 0.1) is 11.8 Å². The Morgan fingerprint density at radius 3 is 1.35 bits per heavy atom. The van der Waals surface area contributed by atoms with Gasteiger partial charge in [-0.05, 0) is 99.5 Å². The number of nitrogens with zero attached hydrogens (tertiary/aromatic N) is 9. The molecule has 0 atom stereocenters. The first-order chi connectivity index (χ1) is 40.6. The normalized spacial score (nSPS) is 17.7. The number of aryl methyl sites for hydroxylation is 1. The molecule has 0 spiro atoms. The maximum atomic E-state index is 12.1.